The number of amides is 4. The van der Waals surface area contributed by atoms with Crippen LogP contribution in [0.5, 0.6) is 11.5 Å². The number of aromatic nitrogens is 1. The van der Waals surface area contributed by atoms with Gasteiger partial charge in [-0.1, -0.05) is 31.5 Å². The lowest BCUT2D eigenvalue weighted by Gasteiger charge is -2.41. The number of imide groups is 1. The average Bonchev–Trinajstić information content (AvgIpc) is 3.16. The van der Waals surface area contributed by atoms with Crippen LogP contribution in [0.1, 0.15) is 38.3 Å². The van der Waals surface area contributed by atoms with Crippen molar-refractivity contribution < 1.29 is 23.9 Å². The summed E-state index contributed by atoms with van der Waals surface area (Å²) in [6, 6.07) is 12.6. The van der Waals surface area contributed by atoms with Gasteiger partial charge in [0.2, 0.25) is 6.10 Å². The molecule has 0 spiro atoms. The number of hydrogen-bond acceptors (Lipinski definition) is 6. The number of ether oxygens (including phenoxy) is 2. The molecule has 1 N–H and O–H groups in total. The molecule has 36 heavy (non-hydrogen) atoms. The number of carbonyl (C=O) groups is 3. The van der Waals surface area contributed by atoms with E-state index in [9.17, 15) is 14.4 Å². The molecule has 2 saturated heterocycles. The van der Waals surface area contributed by atoms with Crippen LogP contribution in [0.4, 0.5) is 4.79 Å². The largest absolute Gasteiger partial charge is 0.485 e. The summed E-state index contributed by atoms with van der Waals surface area (Å²) in [7, 11) is 0. The van der Waals surface area contributed by atoms with Gasteiger partial charge in [-0.3, -0.25) is 19.5 Å². The highest BCUT2D eigenvalue weighted by Crippen LogP contribution is 2.38. The van der Waals surface area contributed by atoms with Crippen LogP contribution >= 0.6 is 0 Å². The zero-order valence-electron chi connectivity index (χ0n) is 20.5. The zero-order chi connectivity index (χ0) is 25.1. The summed E-state index contributed by atoms with van der Waals surface area (Å²) in [5.74, 6) is 0.915. The van der Waals surface area contributed by atoms with E-state index in [2.05, 4.69) is 10.3 Å². The van der Waals surface area contributed by atoms with Gasteiger partial charge in [0, 0.05) is 37.9 Å². The molecule has 4 heterocycles. The number of nitrogens with zero attached hydrogens (tertiary/aromatic N) is 3. The highest BCUT2D eigenvalue weighted by molar-refractivity contribution is 6.07. The molecule has 3 aliphatic heterocycles. The molecule has 0 bridgehead atoms. The lowest BCUT2D eigenvalue weighted by molar-refractivity contribution is -0.143. The van der Waals surface area contributed by atoms with Crippen LogP contribution in [-0.2, 0) is 16.0 Å². The first-order chi connectivity index (χ1) is 17.5. The molecular weight excluding hydrogens is 460 g/mol. The third-order valence-electron chi connectivity index (χ3n) is 7.45. The number of carbonyl (C=O) groups excluding carboxylic acids is 3. The Labute approximate surface area is 210 Å². The van der Waals surface area contributed by atoms with Crippen molar-refractivity contribution in [3.8, 4) is 11.5 Å². The number of nitrogens with one attached hydrogen (secondary N) is 1. The van der Waals surface area contributed by atoms with Crippen LogP contribution < -0.4 is 14.8 Å². The maximum absolute atomic E-state index is 13.6. The van der Waals surface area contributed by atoms with Gasteiger partial charge in [-0.15, -0.1) is 0 Å². The fourth-order valence-electron chi connectivity index (χ4n) is 5.60. The van der Waals surface area contributed by atoms with E-state index in [0.717, 1.165) is 12.1 Å². The molecule has 9 heteroatoms. The predicted octanol–water partition coefficient (Wildman–Crippen LogP) is 2.79. The van der Waals surface area contributed by atoms with Gasteiger partial charge in [-0.25, -0.2) is 4.79 Å². The molecule has 3 aliphatic rings. The van der Waals surface area contributed by atoms with Crippen molar-refractivity contribution in [2.45, 2.75) is 50.7 Å². The third-order valence-corrected chi connectivity index (χ3v) is 7.45. The Bertz CT molecular complexity index is 1120. The summed E-state index contributed by atoms with van der Waals surface area (Å²) < 4.78 is 11.6. The quantitative estimate of drug-likeness (QED) is 0.597. The molecule has 2 fully saturated rings. The number of urea groups is 1. The van der Waals surface area contributed by atoms with Crippen molar-refractivity contribution in [1.29, 1.82) is 0 Å². The second-order valence-corrected chi connectivity index (χ2v) is 9.64. The molecule has 190 valence electrons. The molecule has 0 saturated carbocycles. The Balaban J connectivity index is 1.22. The second kappa shape index (κ2) is 10.2. The molecule has 0 radical (unpaired) electrons. The van der Waals surface area contributed by atoms with Crippen molar-refractivity contribution in [3.63, 3.8) is 0 Å². The molecule has 2 atom stereocenters. The Morgan fingerprint density at radius 1 is 1.11 bits per heavy atom. The third kappa shape index (κ3) is 4.50. The summed E-state index contributed by atoms with van der Waals surface area (Å²) in [4.78, 5) is 47.1. The van der Waals surface area contributed by atoms with Gasteiger partial charge in [0.1, 0.15) is 12.1 Å². The van der Waals surface area contributed by atoms with Gasteiger partial charge in [-0.2, -0.15) is 0 Å². The van der Waals surface area contributed by atoms with E-state index in [1.807, 2.05) is 43.3 Å². The van der Waals surface area contributed by atoms with Crippen molar-refractivity contribution >= 4 is 17.8 Å². The lowest BCUT2D eigenvalue weighted by Crippen LogP contribution is -2.57. The number of benzene rings is 1. The first-order valence-electron chi connectivity index (χ1n) is 12.7. The first kappa shape index (κ1) is 24.1. The zero-order valence-corrected chi connectivity index (χ0v) is 20.5. The SMILES string of the molecule is CCCC1(C2CCN(C(=O)C3COc4ccccc4O3)CC2)NC(=O)N(CCc2ccccn2)C1=O. The number of rotatable bonds is 7. The van der Waals surface area contributed by atoms with E-state index in [-0.39, 0.29) is 30.4 Å². The van der Waals surface area contributed by atoms with E-state index < -0.39 is 11.6 Å². The van der Waals surface area contributed by atoms with E-state index in [1.54, 1.807) is 17.2 Å². The molecule has 5 rings (SSSR count). The molecular formula is C27H32N4O5. The van der Waals surface area contributed by atoms with Crippen molar-refractivity contribution in [2.75, 3.05) is 26.2 Å². The van der Waals surface area contributed by atoms with Crippen LogP contribution in [0.25, 0.3) is 0 Å². The number of likely N-dealkylation sites (tertiary alicyclic amines) is 1. The van der Waals surface area contributed by atoms with Crippen molar-refractivity contribution in [3.05, 3.63) is 54.4 Å². The van der Waals surface area contributed by atoms with Crippen LogP contribution in [0.2, 0.25) is 0 Å². The van der Waals surface area contributed by atoms with Crippen molar-refractivity contribution in [2.24, 2.45) is 5.92 Å². The van der Waals surface area contributed by atoms with Gasteiger partial charge >= 0.3 is 6.03 Å². The number of pyridine rings is 1. The maximum atomic E-state index is 13.6. The van der Waals surface area contributed by atoms with E-state index in [1.165, 1.54) is 4.90 Å². The monoisotopic (exact) mass is 492 g/mol. The Morgan fingerprint density at radius 3 is 2.58 bits per heavy atom. The fraction of sp³-hybridized carbons (Fsp3) is 0.481. The van der Waals surface area contributed by atoms with Crippen LogP contribution in [0.3, 0.4) is 0 Å². The number of hydrogen-bond donors (Lipinski definition) is 1. The molecule has 0 aliphatic carbocycles. The summed E-state index contributed by atoms with van der Waals surface area (Å²) in [5, 5.41) is 3.06. The van der Waals surface area contributed by atoms with Gasteiger partial charge in [0.25, 0.3) is 11.8 Å². The minimum atomic E-state index is -0.922. The molecule has 9 nitrogen and oxygen atoms in total. The first-order valence-corrected chi connectivity index (χ1v) is 12.7. The van der Waals surface area contributed by atoms with Gasteiger partial charge in [0.15, 0.2) is 11.5 Å². The Hall–Kier alpha value is -3.62. The van der Waals surface area contributed by atoms with Crippen LogP contribution in [0, 0.1) is 5.92 Å². The summed E-state index contributed by atoms with van der Waals surface area (Å²) in [5.41, 5.74) is -0.0801. The highest BCUT2D eigenvalue weighted by Gasteiger charge is 2.55. The molecule has 2 unspecified atom stereocenters. The lowest BCUT2D eigenvalue weighted by atomic mass is 9.74. The summed E-state index contributed by atoms with van der Waals surface area (Å²) in [6.45, 7) is 3.51. The normalized spacial score (nSPS) is 24.1. The van der Waals surface area contributed by atoms with Gasteiger partial charge < -0.3 is 19.7 Å². The average molecular weight is 493 g/mol. The number of fused-ring (bicyclic) bond motifs is 1. The van der Waals surface area contributed by atoms with Crippen LogP contribution in [-0.4, -0.2) is 70.5 Å². The predicted molar refractivity (Wildman–Crippen MR) is 131 cm³/mol. The minimum absolute atomic E-state index is 0.0398. The number of para-hydroxylation sites is 2. The van der Waals surface area contributed by atoms with Gasteiger partial charge in [-0.05, 0) is 49.4 Å². The molecule has 2 aromatic rings. The highest BCUT2D eigenvalue weighted by atomic mass is 16.6. The standard InChI is InChI=1S/C27H32N4O5/c1-2-13-27(25(33)31(26(34)29-27)17-12-20-7-5-6-14-28-20)19-10-15-30(16-11-19)24(32)23-18-35-21-8-3-4-9-22(21)36-23/h3-9,14,19,23H,2,10-13,15-18H2,1H3,(H,29,34). The van der Waals surface area contributed by atoms with E-state index in [4.69, 9.17) is 9.47 Å². The Kier molecular flexibility index (Phi) is 6.80. The molecule has 4 amide bonds. The van der Waals surface area contributed by atoms with Crippen LogP contribution in [0.15, 0.2) is 48.7 Å². The maximum Gasteiger partial charge on any atom is 0.325 e. The topological polar surface area (TPSA) is 101 Å². The minimum Gasteiger partial charge on any atom is -0.485 e. The van der Waals surface area contributed by atoms with Gasteiger partial charge in [0.05, 0.1) is 0 Å². The fourth-order valence-corrected chi connectivity index (χ4v) is 5.60. The molecule has 1 aromatic carbocycles. The van der Waals surface area contributed by atoms with E-state index in [0.29, 0.717) is 56.8 Å². The Morgan fingerprint density at radius 2 is 1.86 bits per heavy atom. The smallest absolute Gasteiger partial charge is 0.325 e. The second-order valence-electron chi connectivity index (χ2n) is 9.64. The summed E-state index contributed by atoms with van der Waals surface area (Å²) >= 11 is 0. The summed E-state index contributed by atoms with van der Waals surface area (Å²) in [6.07, 6.45) is 4.16. The molecule has 1 aromatic heterocycles. The van der Waals surface area contributed by atoms with Crippen molar-refractivity contribution in [1.82, 2.24) is 20.1 Å². The number of piperidine rings is 1. The van der Waals surface area contributed by atoms with E-state index >= 15 is 0 Å².